The molecule has 24 heavy (non-hydrogen) atoms. The Hall–Kier alpha value is -1.67. The van der Waals surface area contributed by atoms with Gasteiger partial charge in [0.1, 0.15) is 17.8 Å². The van der Waals surface area contributed by atoms with Crippen LogP contribution in [0.1, 0.15) is 31.7 Å². The first-order chi connectivity index (χ1) is 11.6. The average molecular weight is 349 g/mol. The summed E-state index contributed by atoms with van der Waals surface area (Å²) in [7, 11) is -3.09. The van der Waals surface area contributed by atoms with Crippen molar-refractivity contribution >= 4 is 26.9 Å². The third kappa shape index (κ3) is 2.67. The molecule has 0 aromatic carbocycles. The van der Waals surface area contributed by atoms with Crippen molar-refractivity contribution in [2.75, 3.05) is 31.1 Å². The Bertz CT molecular complexity index is 843. The van der Waals surface area contributed by atoms with E-state index in [1.165, 1.54) is 5.56 Å². The van der Waals surface area contributed by atoms with Gasteiger partial charge in [-0.3, -0.25) is 0 Å². The molecule has 3 heterocycles. The third-order valence-electron chi connectivity index (χ3n) is 4.97. The van der Waals surface area contributed by atoms with E-state index in [1.54, 1.807) is 10.6 Å². The molecular formula is C16H23N5O2S. The minimum Gasteiger partial charge on any atom is -0.355 e. The maximum Gasteiger partial charge on any atom is 0.217 e. The number of nitrogens with one attached hydrogen (secondary N) is 1. The van der Waals surface area contributed by atoms with Crippen LogP contribution in [-0.2, 0) is 16.4 Å². The van der Waals surface area contributed by atoms with Crippen molar-refractivity contribution in [1.29, 1.82) is 0 Å². The van der Waals surface area contributed by atoms with Crippen molar-refractivity contribution in [2.24, 2.45) is 0 Å². The fourth-order valence-corrected chi connectivity index (χ4v) is 5.34. The molecule has 2 aromatic heterocycles. The molecule has 0 bridgehead atoms. The Morgan fingerprint density at radius 1 is 1.21 bits per heavy atom. The summed E-state index contributed by atoms with van der Waals surface area (Å²) in [6, 6.07) is 0. The molecule has 130 valence electrons. The van der Waals surface area contributed by atoms with Crippen molar-refractivity contribution in [3.05, 3.63) is 18.1 Å². The van der Waals surface area contributed by atoms with Gasteiger partial charge in [0, 0.05) is 32.4 Å². The monoisotopic (exact) mass is 349 g/mol. The van der Waals surface area contributed by atoms with E-state index < -0.39 is 10.0 Å². The van der Waals surface area contributed by atoms with Crippen molar-refractivity contribution in [1.82, 2.24) is 19.3 Å². The van der Waals surface area contributed by atoms with E-state index >= 15 is 0 Å². The van der Waals surface area contributed by atoms with E-state index in [0.29, 0.717) is 19.6 Å². The highest BCUT2D eigenvalue weighted by molar-refractivity contribution is 7.90. The molecule has 1 saturated heterocycles. The van der Waals surface area contributed by atoms with Crippen LogP contribution in [0, 0.1) is 0 Å². The number of nitrogens with zero attached hydrogens (tertiary/aromatic N) is 4. The molecule has 0 radical (unpaired) electrons. The van der Waals surface area contributed by atoms with Crippen LogP contribution in [0.25, 0.3) is 11.0 Å². The van der Waals surface area contributed by atoms with E-state index in [9.17, 15) is 8.42 Å². The van der Waals surface area contributed by atoms with Crippen LogP contribution >= 0.6 is 0 Å². The SMILES string of the molecule is CCc1c[nH]c2ncnc(N3CCCN(S(=O)(=O)C4CC4)CC3)c12. The maximum atomic E-state index is 12.5. The number of aromatic nitrogens is 3. The molecule has 0 amide bonds. The third-order valence-corrected chi connectivity index (χ3v) is 7.37. The maximum absolute atomic E-state index is 12.5. The summed E-state index contributed by atoms with van der Waals surface area (Å²) < 4.78 is 26.7. The lowest BCUT2D eigenvalue weighted by atomic mass is 10.2. The number of aryl methyl sites for hydroxylation is 1. The molecule has 1 saturated carbocycles. The van der Waals surface area contributed by atoms with Crippen LogP contribution < -0.4 is 4.90 Å². The highest BCUT2D eigenvalue weighted by Crippen LogP contribution is 2.32. The Kier molecular flexibility index (Phi) is 3.96. The lowest BCUT2D eigenvalue weighted by molar-refractivity contribution is 0.432. The van der Waals surface area contributed by atoms with Crippen LogP contribution in [0.3, 0.4) is 0 Å². The molecule has 0 unspecified atom stereocenters. The van der Waals surface area contributed by atoms with Gasteiger partial charge in [-0.15, -0.1) is 0 Å². The molecule has 0 spiro atoms. The van der Waals surface area contributed by atoms with Gasteiger partial charge in [-0.25, -0.2) is 18.4 Å². The number of rotatable bonds is 4. The Balaban J connectivity index is 1.61. The van der Waals surface area contributed by atoms with E-state index in [2.05, 4.69) is 26.8 Å². The summed E-state index contributed by atoms with van der Waals surface area (Å²) in [6.07, 6.45) is 6.94. The Labute approximate surface area is 142 Å². The first-order valence-electron chi connectivity index (χ1n) is 8.66. The first kappa shape index (κ1) is 15.8. The zero-order valence-electron chi connectivity index (χ0n) is 13.9. The molecule has 1 N–H and O–H groups in total. The topological polar surface area (TPSA) is 82.2 Å². The molecule has 1 aliphatic carbocycles. The second kappa shape index (κ2) is 6.00. The van der Waals surface area contributed by atoms with Gasteiger partial charge in [0.2, 0.25) is 10.0 Å². The van der Waals surface area contributed by atoms with Crippen LogP contribution in [0.4, 0.5) is 5.82 Å². The fourth-order valence-electron chi connectivity index (χ4n) is 3.46. The van der Waals surface area contributed by atoms with Crippen LogP contribution in [0.15, 0.2) is 12.5 Å². The molecule has 1 aliphatic heterocycles. The molecule has 2 fully saturated rings. The summed E-state index contributed by atoms with van der Waals surface area (Å²) in [5.41, 5.74) is 2.05. The predicted octanol–water partition coefficient (Wildman–Crippen LogP) is 1.52. The summed E-state index contributed by atoms with van der Waals surface area (Å²) in [6.45, 7) is 4.75. The van der Waals surface area contributed by atoms with Crippen LogP contribution in [0.5, 0.6) is 0 Å². The molecular weight excluding hydrogens is 326 g/mol. The van der Waals surface area contributed by atoms with Gasteiger partial charge in [0.05, 0.1) is 10.6 Å². The van der Waals surface area contributed by atoms with Gasteiger partial charge < -0.3 is 9.88 Å². The summed E-state index contributed by atoms with van der Waals surface area (Å²) in [5.74, 6) is 0.920. The molecule has 4 rings (SSSR count). The highest BCUT2D eigenvalue weighted by Gasteiger charge is 2.40. The van der Waals surface area contributed by atoms with Gasteiger partial charge in [-0.05, 0) is 31.2 Å². The standard InChI is InChI=1S/C16H23N5O2S/c1-2-12-10-17-15-14(12)16(19-11-18-15)20-6-3-7-21(9-8-20)24(22,23)13-4-5-13/h10-11,13H,2-9H2,1H3,(H,17,18,19). The predicted molar refractivity (Wildman–Crippen MR) is 93.6 cm³/mol. The normalized spacial score (nSPS) is 20.5. The minimum absolute atomic E-state index is 0.133. The van der Waals surface area contributed by atoms with Crippen molar-refractivity contribution in [2.45, 2.75) is 37.9 Å². The quantitative estimate of drug-likeness (QED) is 0.905. The van der Waals surface area contributed by atoms with Gasteiger partial charge in [0.25, 0.3) is 0 Å². The summed E-state index contributed by atoms with van der Waals surface area (Å²) in [4.78, 5) is 14.2. The second-order valence-electron chi connectivity index (χ2n) is 6.57. The zero-order valence-corrected chi connectivity index (χ0v) is 14.7. The molecule has 2 aromatic rings. The Morgan fingerprint density at radius 3 is 2.79 bits per heavy atom. The van der Waals surface area contributed by atoms with Gasteiger partial charge in [-0.2, -0.15) is 4.31 Å². The molecule has 2 aliphatic rings. The number of H-pyrrole nitrogens is 1. The van der Waals surface area contributed by atoms with E-state index in [4.69, 9.17) is 0 Å². The molecule has 7 nitrogen and oxygen atoms in total. The first-order valence-corrected chi connectivity index (χ1v) is 10.2. The van der Waals surface area contributed by atoms with Crippen molar-refractivity contribution in [3.8, 4) is 0 Å². The number of sulfonamides is 1. The fraction of sp³-hybridized carbons (Fsp3) is 0.625. The number of fused-ring (bicyclic) bond motifs is 1. The highest BCUT2D eigenvalue weighted by atomic mass is 32.2. The van der Waals surface area contributed by atoms with Crippen LogP contribution in [0.2, 0.25) is 0 Å². The van der Waals surface area contributed by atoms with Crippen molar-refractivity contribution in [3.63, 3.8) is 0 Å². The van der Waals surface area contributed by atoms with Crippen molar-refractivity contribution < 1.29 is 8.42 Å². The summed E-state index contributed by atoms with van der Waals surface area (Å²) in [5, 5.41) is 0.935. The smallest absolute Gasteiger partial charge is 0.217 e. The number of anilines is 1. The minimum atomic E-state index is -3.09. The van der Waals surface area contributed by atoms with E-state index in [1.807, 2.05) is 6.20 Å². The molecule has 0 atom stereocenters. The number of hydrogen-bond donors (Lipinski definition) is 1. The lowest BCUT2D eigenvalue weighted by Crippen LogP contribution is -2.37. The molecule has 8 heteroatoms. The van der Waals surface area contributed by atoms with Crippen LogP contribution in [-0.4, -0.2) is 59.1 Å². The summed E-state index contributed by atoms with van der Waals surface area (Å²) >= 11 is 0. The Morgan fingerprint density at radius 2 is 2.04 bits per heavy atom. The van der Waals surface area contributed by atoms with Gasteiger partial charge in [0.15, 0.2) is 0 Å². The van der Waals surface area contributed by atoms with E-state index in [-0.39, 0.29) is 5.25 Å². The lowest BCUT2D eigenvalue weighted by Gasteiger charge is -2.23. The van der Waals surface area contributed by atoms with Gasteiger partial charge in [-0.1, -0.05) is 6.92 Å². The largest absolute Gasteiger partial charge is 0.355 e. The van der Waals surface area contributed by atoms with Gasteiger partial charge >= 0.3 is 0 Å². The van der Waals surface area contributed by atoms with E-state index in [0.717, 1.165) is 49.1 Å². The average Bonchev–Trinajstić information content (AvgIpc) is 3.38. The second-order valence-corrected chi connectivity index (χ2v) is 8.79. The number of hydrogen-bond acceptors (Lipinski definition) is 5. The number of aromatic amines is 1. The zero-order chi connectivity index (χ0) is 16.7.